The van der Waals surface area contributed by atoms with Gasteiger partial charge in [-0.05, 0) is 45.0 Å². The van der Waals surface area contributed by atoms with Gasteiger partial charge in [-0.1, -0.05) is 18.2 Å². The van der Waals surface area contributed by atoms with E-state index in [1.54, 1.807) is 25.1 Å². The van der Waals surface area contributed by atoms with Crippen molar-refractivity contribution in [3.8, 4) is 11.5 Å². The van der Waals surface area contributed by atoms with Crippen LogP contribution < -0.4 is 9.47 Å². The van der Waals surface area contributed by atoms with Gasteiger partial charge in [0, 0.05) is 22.2 Å². The van der Waals surface area contributed by atoms with E-state index in [0.29, 0.717) is 23.7 Å². The standard InChI is InChI=1S/C22H23NO5/c1-5-27-18-11-10-15(12-19(18)26-4)22(25)28-14(3)21(24)20-13(2)23-17-9-7-6-8-16(17)20/h6-12,14,23H,5H2,1-4H3/t14-/m0/s1. The highest BCUT2D eigenvalue weighted by atomic mass is 16.5. The first kappa shape index (κ1) is 19.5. The van der Waals surface area contributed by atoms with Crippen LogP contribution >= 0.6 is 0 Å². The summed E-state index contributed by atoms with van der Waals surface area (Å²) in [7, 11) is 1.50. The minimum atomic E-state index is -0.928. The fraction of sp³-hybridized carbons (Fsp3) is 0.273. The zero-order chi connectivity index (χ0) is 20.3. The van der Waals surface area contributed by atoms with Crippen molar-refractivity contribution in [1.82, 2.24) is 4.98 Å². The van der Waals surface area contributed by atoms with Crippen molar-refractivity contribution in [2.45, 2.75) is 26.9 Å². The molecule has 0 aliphatic carbocycles. The summed E-state index contributed by atoms with van der Waals surface area (Å²) in [4.78, 5) is 28.7. The lowest BCUT2D eigenvalue weighted by Gasteiger charge is -2.14. The molecule has 0 fully saturated rings. The van der Waals surface area contributed by atoms with Gasteiger partial charge in [-0.15, -0.1) is 0 Å². The molecule has 0 aliphatic rings. The lowest BCUT2D eigenvalue weighted by molar-refractivity contribution is 0.0318. The van der Waals surface area contributed by atoms with E-state index in [4.69, 9.17) is 14.2 Å². The molecular weight excluding hydrogens is 358 g/mol. The van der Waals surface area contributed by atoms with Gasteiger partial charge >= 0.3 is 5.97 Å². The van der Waals surface area contributed by atoms with E-state index in [-0.39, 0.29) is 11.3 Å². The van der Waals surface area contributed by atoms with Crippen molar-refractivity contribution in [1.29, 1.82) is 0 Å². The number of esters is 1. The van der Waals surface area contributed by atoms with Crippen molar-refractivity contribution in [3.63, 3.8) is 0 Å². The number of ether oxygens (including phenoxy) is 3. The monoisotopic (exact) mass is 381 g/mol. The number of aromatic nitrogens is 1. The number of methoxy groups -OCH3 is 1. The Balaban J connectivity index is 1.80. The first-order valence-electron chi connectivity index (χ1n) is 9.09. The molecule has 0 aliphatic heterocycles. The van der Waals surface area contributed by atoms with Gasteiger partial charge in [0.05, 0.1) is 19.3 Å². The van der Waals surface area contributed by atoms with E-state index in [2.05, 4.69) is 4.98 Å². The van der Waals surface area contributed by atoms with Crippen molar-refractivity contribution in [3.05, 3.63) is 59.3 Å². The van der Waals surface area contributed by atoms with Crippen molar-refractivity contribution < 1.29 is 23.8 Å². The number of carbonyl (C=O) groups excluding carboxylic acids is 2. The van der Waals surface area contributed by atoms with Crippen LogP contribution in [0, 0.1) is 6.92 Å². The quantitative estimate of drug-likeness (QED) is 0.487. The Morgan fingerprint density at radius 1 is 1.11 bits per heavy atom. The Kier molecular flexibility index (Phi) is 5.68. The molecule has 0 radical (unpaired) electrons. The summed E-state index contributed by atoms with van der Waals surface area (Å²) in [6, 6.07) is 12.3. The van der Waals surface area contributed by atoms with Crippen LogP contribution in [0.1, 0.15) is 40.3 Å². The molecule has 1 aromatic heterocycles. The van der Waals surface area contributed by atoms with E-state index in [1.807, 2.05) is 38.1 Å². The van der Waals surface area contributed by atoms with E-state index < -0.39 is 12.1 Å². The average Bonchev–Trinajstić information content (AvgIpc) is 3.03. The Morgan fingerprint density at radius 2 is 1.86 bits per heavy atom. The van der Waals surface area contributed by atoms with Crippen LogP contribution in [0.2, 0.25) is 0 Å². The number of Topliss-reactive ketones (excluding diaryl/α,β-unsaturated/α-hetero) is 1. The Labute approximate surface area is 163 Å². The highest BCUT2D eigenvalue weighted by Crippen LogP contribution is 2.29. The summed E-state index contributed by atoms with van der Waals surface area (Å²) < 4.78 is 16.1. The molecule has 2 aromatic carbocycles. The Bertz CT molecular complexity index is 1020. The molecule has 3 rings (SSSR count). The van der Waals surface area contributed by atoms with Crippen LogP contribution in [0.25, 0.3) is 10.9 Å². The second kappa shape index (κ2) is 8.17. The number of aromatic amines is 1. The number of para-hydroxylation sites is 1. The number of hydrogen-bond acceptors (Lipinski definition) is 5. The molecule has 6 nitrogen and oxygen atoms in total. The minimum Gasteiger partial charge on any atom is -0.493 e. The fourth-order valence-electron chi connectivity index (χ4n) is 3.15. The Morgan fingerprint density at radius 3 is 2.57 bits per heavy atom. The number of nitrogens with one attached hydrogen (secondary N) is 1. The summed E-state index contributed by atoms with van der Waals surface area (Å²) in [5.74, 6) is 0.128. The third-order valence-electron chi connectivity index (χ3n) is 4.49. The maximum atomic E-state index is 12.9. The van der Waals surface area contributed by atoms with Crippen LogP contribution in [0.4, 0.5) is 0 Å². The second-order valence-corrected chi connectivity index (χ2v) is 6.38. The van der Waals surface area contributed by atoms with Gasteiger partial charge < -0.3 is 19.2 Å². The largest absolute Gasteiger partial charge is 0.493 e. The molecule has 28 heavy (non-hydrogen) atoms. The third-order valence-corrected chi connectivity index (χ3v) is 4.49. The molecule has 0 spiro atoms. The SMILES string of the molecule is CCOc1ccc(C(=O)O[C@@H](C)C(=O)c2c(C)[nH]c3ccccc23)cc1OC. The number of ketones is 1. The predicted molar refractivity (Wildman–Crippen MR) is 106 cm³/mol. The normalized spacial score (nSPS) is 11.9. The first-order chi connectivity index (χ1) is 13.5. The van der Waals surface area contributed by atoms with Crippen molar-refractivity contribution in [2.24, 2.45) is 0 Å². The molecular formula is C22H23NO5. The smallest absolute Gasteiger partial charge is 0.338 e. The summed E-state index contributed by atoms with van der Waals surface area (Å²) >= 11 is 0. The number of carbonyl (C=O) groups is 2. The molecule has 3 aromatic rings. The van der Waals surface area contributed by atoms with Crippen LogP contribution in [-0.4, -0.2) is 36.6 Å². The number of hydrogen-bond donors (Lipinski definition) is 1. The lowest BCUT2D eigenvalue weighted by Crippen LogP contribution is -2.25. The van der Waals surface area contributed by atoms with E-state index >= 15 is 0 Å². The lowest BCUT2D eigenvalue weighted by atomic mass is 10.0. The molecule has 146 valence electrons. The summed E-state index contributed by atoms with van der Waals surface area (Å²) in [6.07, 6.45) is -0.928. The van der Waals surface area contributed by atoms with Gasteiger partial charge in [-0.3, -0.25) is 4.79 Å². The van der Waals surface area contributed by atoms with Crippen LogP contribution in [0.15, 0.2) is 42.5 Å². The second-order valence-electron chi connectivity index (χ2n) is 6.38. The highest BCUT2D eigenvalue weighted by Gasteiger charge is 2.25. The van der Waals surface area contributed by atoms with Gasteiger partial charge in [0.1, 0.15) is 0 Å². The summed E-state index contributed by atoms with van der Waals surface area (Å²) in [5.41, 5.74) is 2.45. The number of fused-ring (bicyclic) bond motifs is 1. The van der Waals surface area contributed by atoms with Gasteiger partial charge in [0.25, 0.3) is 0 Å². The summed E-state index contributed by atoms with van der Waals surface area (Å²) in [5, 5.41) is 0.815. The minimum absolute atomic E-state index is 0.249. The number of benzene rings is 2. The van der Waals surface area contributed by atoms with Gasteiger partial charge in [-0.25, -0.2) is 4.79 Å². The zero-order valence-corrected chi connectivity index (χ0v) is 16.4. The van der Waals surface area contributed by atoms with Gasteiger partial charge in [0.2, 0.25) is 5.78 Å². The van der Waals surface area contributed by atoms with Crippen LogP contribution in [0.3, 0.4) is 0 Å². The van der Waals surface area contributed by atoms with Crippen molar-refractivity contribution >= 4 is 22.7 Å². The zero-order valence-electron chi connectivity index (χ0n) is 16.4. The molecule has 0 unspecified atom stereocenters. The average molecular weight is 381 g/mol. The molecule has 0 amide bonds. The third kappa shape index (κ3) is 3.71. The molecule has 1 atom stereocenters. The maximum Gasteiger partial charge on any atom is 0.338 e. The van der Waals surface area contributed by atoms with Gasteiger partial charge in [0.15, 0.2) is 17.6 Å². The number of rotatable bonds is 7. The fourth-order valence-corrected chi connectivity index (χ4v) is 3.15. The number of H-pyrrole nitrogens is 1. The molecule has 1 N–H and O–H groups in total. The topological polar surface area (TPSA) is 77.6 Å². The van der Waals surface area contributed by atoms with Crippen LogP contribution in [0.5, 0.6) is 11.5 Å². The van der Waals surface area contributed by atoms with Gasteiger partial charge in [-0.2, -0.15) is 0 Å². The predicted octanol–water partition coefficient (Wildman–Crippen LogP) is 4.31. The Hall–Kier alpha value is -3.28. The highest BCUT2D eigenvalue weighted by molar-refractivity contribution is 6.11. The van der Waals surface area contributed by atoms with E-state index in [9.17, 15) is 9.59 Å². The van der Waals surface area contributed by atoms with Crippen molar-refractivity contribution in [2.75, 3.05) is 13.7 Å². The molecule has 6 heteroatoms. The van der Waals surface area contributed by atoms with E-state index in [0.717, 1.165) is 16.6 Å². The number of aryl methyl sites for hydroxylation is 1. The first-order valence-corrected chi connectivity index (χ1v) is 9.09. The molecule has 0 saturated carbocycles. The van der Waals surface area contributed by atoms with E-state index in [1.165, 1.54) is 7.11 Å². The molecule has 1 heterocycles. The van der Waals surface area contributed by atoms with Crippen LogP contribution in [-0.2, 0) is 4.74 Å². The molecule has 0 bridgehead atoms. The molecule has 0 saturated heterocycles. The summed E-state index contributed by atoms with van der Waals surface area (Å²) in [6.45, 7) is 5.75. The maximum absolute atomic E-state index is 12.9.